The summed E-state index contributed by atoms with van der Waals surface area (Å²) in [6, 6.07) is 9.83. The Bertz CT molecular complexity index is 557. The molecule has 2 heterocycles. The molecule has 98 valence electrons. The second-order valence-corrected chi connectivity index (χ2v) is 4.43. The van der Waals surface area contributed by atoms with Gasteiger partial charge in [-0.15, -0.1) is 0 Å². The number of anilines is 1. The third-order valence-electron chi connectivity index (χ3n) is 3.07. The monoisotopic (exact) mass is 258 g/mol. The number of aromatic nitrogens is 4. The summed E-state index contributed by atoms with van der Waals surface area (Å²) in [5.74, 6) is 0.688. The molecule has 2 N–H and O–H groups in total. The van der Waals surface area contributed by atoms with Gasteiger partial charge in [0.15, 0.2) is 0 Å². The fourth-order valence-electron chi connectivity index (χ4n) is 2.06. The summed E-state index contributed by atoms with van der Waals surface area (Å²) < 4.78 is 1.65. The summed E-state index contributed by atoms with van der Waals surface area (Å²) in [4.78, 5) is 11.1. The Hall–Kier alpha value is -2.44. The number of rotatable bonds is 3. The highest BCUT2D eigenvalue weighted by molar-refractivity contribution is 5.76. The van der Waals surface area contributed by atoms with Gasteiger partial charge in [-0.2, -0.15) is 4.68 Å². The minimum absolute atomic E-state index is 0.0979. The standard InChI is InChI=1S/C12H14N6O/c19-11-7-6-9(8-13-11)14-12-15-16-17-18(12)10-4-2-1-3-5-10/h1-5,9H,6-8H2,(H,13,19)(H,14,15,17). The van der Waals surface area contributed by atoms with Crippen LogP contribution in [0.5, 0.6) is 0 Å². The summed E-state index contributed by atoms with van der Waals surface area (Å²) in [6.07, 6.45) is 1.32. The van der Waals surface area contributed by atoms with Crippen LogP contribution in [-0.2, 0) is 4.79 Å². The van der Waals surface area contributed by atoms with Crippen LogP contribution in [0.4, 0.5) is 5.95 Å². The minimum Gasteiger partial charge on any atom is -0.354 e. The van der Waals surface area contributed by atoms with Gasteiger partial charge in [-0.25, -0.2) is 0 Å². The van der Waals surface area contributed by atoms with Crippen molar-refractivity contribution in [1.29, 1.82) is 0 Å². The van der Waals surface area contributed by atoms with Crippen molar-refractivity contribution in [3.63, 3.8) is 0 Å². The quantitative estimate of drug-likeness (QED) is 0.830. The molecule has 1 aromatic heterocycles. The van der Waals surface area contributed by atoms with E-state index >= 15 is 0 Å². The maximum absolute atomic E-state index is 11.1. The van der Waals surface area contributed by atoms with E-state index in [0.717, 1.165) is 12.1 Å². The summed E-state index contributed by atoms with van der Waals surface area (Å²) in [5, 5.41) is 17.7. The molecule has 0 saturated carbocycles. The second-order valence-electron chi connectivity index (χ2n) is 4.43. The van der Waals surface area contributed by atoms with Gasteiger partial charge < -0.3 is 10.6 Å². The number of tetrazole rings is 1. The zero-order valence-electron chi connectivity index (χ0n) is 10.3. The molecule has 1 saturated heterocycles. The SMILES string of the molecule is O=C1CCC(Nc2nnnn2-c2ccccc2)CN1. The molecule has 3 rings (SSSR count). The van der Waals surface area contributed by atoms with E-state index in [4.69, 9.17) is 0 Å². The predicted molar refractivity (Wildman–Crippen MR) is 68.8 cm³/mol. The number of carbonyl (C=O) groups is 1. The molecule has 1 aliphatic rings. The Kier molecular flexibility index (Phi) is 3.09. The van der Waals surface area contributed by atoms with Crippen LogP contribution in [0.1, 0.15) is 12.8 Å². The summed E-state index contributed by atoms with van der Waals surface area (Å²) in [6.45, 7) is 0.598. The summed E-state index contributed by atoms with van der Waals surface area (Å²) in [7, 11) is 0. The van der Waals surface area contributed by atoms with E-state index in [0.29, 0.717) is 18.9 Å². The first kappa shape index (κ1) is 11.6. The van der Waals surface area contributed by atoms with Crippen molar-refractivity contribution in [3.05, 3.63) is 30.3 Å². The van der Waals surface area contributed by atoms with E-state index in [1.165, 1.54) is 0 Å². The Labute approximate surface area is 110 Å². The molecule has 0 aliphatic carbocycles. The highest BCUT2D eigenvalue weighted by Crippen LogP contribution is 2.13. The molecule has 0 spiro atoms. The van der Waals surface area contributed by atoms with Gasteiger partial charge in [-0.3, -0.25) is 4.79 Å². The van der Waals surface area contributed by atoms with Crippen LogP contribution in [0.2, 0.25) is 0 Å². The topological polar surface area (TPSA) is 84.7 Å². The molecule has 0 radical (unpaired) electrons. The van der Waals surface area contributed by atoms with Gasteiger partial charge >= 0.3 is 0 Å². The number of hydrogen-bond donors (Lipinski definition) is 2. The van der Waals surface area contributed by atoms with Gasteiger partial charge in [0, 0.05) is 19.0 Å². The van der Waals surface area contributed by atoms with E-state index in [9.17, 15) is 4.79 Å². The zero-order chi connectivity index (χ0) is 13.1. The first-order valence-corrected chi connectivity index (χ1v) is 6.20. The number of carbonyl (C=O) groups excluding carboxylic acids is 1. The number of nitrogens with one attached hydrogen (secondary N) is 2. The summed E-state index contributed by atoms with van der Waals surface area (Å²) in [5.41, 5.74) is 0.898. The predicted octanol–water partition coefficient (Wildman–Crippen LogP) is 0.353. The van der Waals surface area contributed by atoms with Gasteiger partial charge in [0.05, 0.1) is 5.69 Å². The van der Waals surface area contributed by atoms with Crippen molar-refractivity contribution < 1.29 is 4.79 Å². The van der Waals surface area contributed by atoms with Crippen LogP contribution in [0.25, 0.3) is 5.69 Å². The van der Waals surface area contributed by atoms with Crippen LogP contribution in [-0.4, -0.2) is 38.7 Å². The maximum Gasteiger partial charge on any atom is 0.248 e. The first-order valence-electron chi connectivity index (χ1n) is 6.20. The fourth-order valence-corrected chi connectivity index (χ4v) is 2.06. The number of hydrogen-bond acceptors (Lipinski definition) is 5. The van der Waals surface area contributed by atoms with Crippen molar-refractivity contribution in [3.8, 4) is 5.69 Å². The van der Waals surface area contributed by atoms with Gasteiger partial charge in [-0.05, 0) is 29.0 Å². The molecule has 1 amide bonds. The van der Waals surface area contributed by atoms with Crippen molar-refractivity contribution in [2.45, 2.75) is 18.9 Å². The molecule has 7 nitrogen and oxygen atoms in total. The van der Waals surface area contributed by atoms with Crippen molar-refractivity contribution in [2.24, 2.45) is 0 Å². The van der Waals surface area contributed by atoms with E-state index < -0.39 is 0 Å². The molecule has 1 fully saturated rings. The highest BCUT2D eigenvalue weighted by Gasteiger charge is 2.20. The minimum atomic E-state index is 0.0979. The molecule has 1 unspecified atom stereocenters. The van der Waals surface area contributed by atoms with Crippen molar-refractivity contribution >= 4 is 11.9 Å². The van der Waals surface area contributed by atoms with Crippen LogP contribution >= 0.6 is 0 Å². The van der Waals surface area contributed by atoms with Gasteiger partial charge in [-0.1, -0.05) is 23.3 Å². The molecule has 2 aromatic rings. The van der Waals surface area contributed by atoms with Gasteiger partial charge in [0.2, 0.25) is 11.9 Å². The zero-order valence-corrected chi connectivity index (χ0v) is 10.3. The number of nitrogens with zero attached hydrogens (tertiary/aromatic N) is 4. The third kappa shape index (κ3) is 2.54. The summed E-state index contributed by atoms with van der Waals surface area (Å²) >= 11 is 0. The van der Waals surface area contributed by atoms with Crippen LogP contribution in [0.3, 0.4) is 0 Å². The van der Waals surface area contributed by atoms with Crippen LogP contribution in [0, 0.1) is 0 Å². The largest absolute Gasteiger partial charge is 0.354 e. The van der Waals surface area contributed by atoms with E-state index in [2.05, 4.69) is 26.2 Å². The molecule has 19 heavy (non-hydrogen) atoms. The molecule has 1 aromatic carbocycles. The number of para-hydroxylation sites is 1. The molecule has 1 atom stereocenters. The second kappa shape index (κ2) is 5.05. The molecule has 0 bridgehead atoms. The van der Waals surface area contributed by atoms with Gasteiger partial charge in [0.25, 0.3) is 0 Å². The van der Waals surface area contributed by atoms with Crippen LogP contribution < -0.4 is 10.6 Å². The number of benzene rings is 1. The lowest BCUT2D eigenvalue weighted by Crippen LogP contribution is -2.42. The fraction of sp³-hybridized carbons (Fsp3) is 0.333. The van der Waals surface area contributed by atoms with Crippen LogP contribution in [0.15, 0.2) is 30.3 Å². The third-order valence-corrected chi connectivity index (χ3v) is 3.07. The van der Waals surface area contributed by atoms with Gasteiger partial charge in [0.1, 0.15) is 0 Å². The number of amides is 1. The average Bonchev–Trinajstić information content (AvgIpc) is 2.90. The Morgan fingerprint density at radius 1 is 1.32 bits per heavy atom. The number of piperidine rings is 1. The average molecular weight is 258 g/mol. The van der Waals surface area contributed by atoms with Crippen molar-refractivity contribution in [2.75, 3.05) is 11.9 Å². The lowest BCUT2D eigenvalue weighted by molar-refractivity contribution is -0.122. The molecular weight excluding hydrogens is 244 g/mol. The molecular formula is C12H14N6O. The molecule has 1 aliphatic heterocycles. The Balaban J connectivity index is 1.76. The van der Waals surface area contributed by atoms with E-state index in [1.54, 1.807) is 4.68 Å². The highest BCUT2D eigenvalue weighted by atomic mass is 16.1. The van der Waals surface area contributed by atoms with E-state index in [-0.39, 0.29) is 11.9 Å². The Morgan fingerprint density at radius 3 is 2.89 bits per heavy atom. The maximum atomic E-state index is 11.1. The Morgan fingerprint density at radius 2 is 2.16 bits per heavy atom. The van der Waals surface area contributed by atoms with E-state index in [1.807, 2.05) is 30.3 Å². The lowest BCUT2D eigenvalue weighted by Gasteiger charge is -2.23. The first-order chi connectivity index (χ1) is 9.33. The van der Waals surface area contributed by atoms with Crippen molar-refractivity contribution in [1.82, 2.24) is 25.5 Å². The normalized spacial score (nSPS) is 18.9. The lowest BCUT2D eigenvalue weighted by atomic mass is 10.1. The molecule has 7 heteroatoms. The smallest absolute Gasteiger partial charge is 0.248 e.